The number of hydrogen-bond donors (Lipinski definition) is 1. The summed E-state index contributed by atoms with van der Waals surface area (Å²) in [6.07, 6.45) is 1.38. The Bertz CT molecular complexity index is 1080. The smallest absolute Gasteiger partial charge is 0.244 e. The van der Waals surface area contributed by atoms with Crippen molar-refractivity contribution in [3.05, 3.63) is 64.1 Å². The lowest BCUT2D eigenvalue weighted by atomic mass is 10.1. The van der Waals surface area contributed by atoms with E-state index in [1.54, 1.807) is 49.4 Å². The van der Waals surface area contributed by atoms with Crippen LogP contribution in [-0.4, -0.2) is 50.0 Å². The molecule has 0 saturated heterocycles. The second-order valence-electron chi connectivity index (χ2n) is 7.98. The zero-order chi connectivity index (χ0) is 24.8. The molecular formula is C23H29Cl2N3O4S. The summed E-state index contributed by atoms with van der Waals surface area (Å²) in [6, 6.07) is 12.3. The molecule has 2 amide bonds. The maximum atomic E-state index is 13.5. The number of amides is 2. The van der Waals surface area contributed by atoms with E-state index in [1.165, 1.54) is 11.0 Å². The Morgan fingerprint density at radius 3 is 2.18 bits per heavy atom. The van der Waals surface area contributed by atoms with E-state index >= 15 is 0 Å². The van der Waals surface area contributed by atoms with Crippen molar-refractivity contribution in [1.82, 2.24) is 10.2 Å². The average molecular weight is 514 g/mol. The summed E-state index contributed by atoms with van der Waals surface area (Å²) in [6.45, 7) is 5.12. The van der Waals surface area contributed by atoms with Crippen LogP contribution in [0, 0.1) is 0 Å². The predicted molar refractivity (Wildman–Crippen MR) is 133 cm³/mol. The molecule has 10 heteroatoms. The van der Waals surface area contributed by atoms with E-state index in [2.05, 4.69) is 5.32 Å². The van der Waals surface area contributed by atoms with Crippen molar-refractivity contribution in [2.24, 2.45) is 0 Å². The van der Waals surface area contributed by atoms with Gasteiger partial charge in [-0.2, -0.15) is 0 Å². The van der Waals surface area contributed by atoms with Crippen LogP contribution in [0.2, 0.25) is 10.0 Å². The van der Waals surface area contributed by atoms with E-state index in [4.69, 9.17) is 23.2 Å². The summed E-state index contributed by atoms with van der Waals surface area (Å²) in [4.78, 5) is 27.8. The number of rotatable bonds is 10. The largest absolute Gasteiger partial charge is 0.352 e. The minimum atomic E-state index is -3.80. The van der Waals surface area contributed by atoms with Gasteiger partial charge in [0.05, 0.1) is 11.9 Å². The van der Waals surface area contributed by atoms with Crippen LogP contribution in [0.3, 0.4) is 0 Å². The van der Waals surface area contributed by atoms with E-state index in [0.29, 0.717) is 16.5 Å². The lowest BCUT2D eigenvalue weighted by molar-refractivity contribution is -0.140. The lowest BCUT2D eigenvalue weighted by Gasteiger charge is -2.33. The van der Waals surface area contributed by atoms with Crippen LogP contribution in [-0.2, 0) is 26.2 Å². The minimum absolute atomic E-state index is 0.113. The highest BCUT2D eigenvalue weighted by Gasteiger charge is 2.32. The number of sulfonamides is 1. The van der Waals surface area contributed by atoms with Crippen molar-refractivity contribution in [3.63, 3.8) is 0 Å². The fourth-order valence-electron chi connectivity index (χ4n) is 3.33. The van der Waals surface area contributed by atoms with Gasteiger partial charge in [-0.3, -0.25) is 13.9 Å². The lowest BCUT2D eigenvalue weighted by Crippen LogP contribution is -2.53. The molecule has 0 unspecified atom stereocenters. The summed E-state index contributed by atoms with van der Waals surface area (Å²) in [5.41, 5.74) is 1.03. The van der Waals surface area contributed by atoms with E-state index in [9.17, 15) is 18.0 Å². The van der Waals surface area contributed by atoms with Crippen LogP contribution in [0.5, 0.6) is 0 Å². The predicted octanol–water partition coefficient (Wildman–Crippen LogP) is 4.09. The maximum absolute atomic E-state index is 13.5. The van der Waals surface area contributed by atoms with Crippen LogP contribution in [0.15, 0.2) is 48.5 Å². The fraction of sp³-hybridized carbons (Fsp3) is 0.391. The molecule has 2 aromatic rings. The molecule has 0 heterocycles. The van der Waals surface area contributed by atoms with Gasteiger partial charge in [-0.15, -0.1) is 0 Å². The fourth-order valence-corrected chi connectivity index (χ4v) is 4.48. The zero-order valence-corrected chi connectivity index (χ0v) is 21.4. The molecule has 0 radical (unpaired) electrons. The Hall–Kier alpha value is -2.29. The molecule has 1 atom stereocenters. The van der Waals surface area contributed by atoms with Gasteiger partial charge < -0.3 is 10.2 Å². The van der Waals surface area contributed by atoms with E-state index in [0.717, 1.165) is 16.1 Å². The molecule has 0 fully saturated rings. The number of hydrogen-bond acceptors (Lipinski definition) is 4. The number of anilines is 1. The minimum Gasteiger partial charge on any atom is -0.352 e. The third kappa shape index (κ3) is 7.91. The van der Waals surface area contributed by atoms with Gasteiger partial charge >= 0.3 is 0 Å². The first-order valence-corrected chi connectivity index (χ1v) is 13.1. The molecule has 0 aliphatic carbocycles. The van der Waals surface area contributed by atoms with Crippen LogP contribution in [0.25, 0.3) is 0 Å². The number of carbonyl (C=O) groups excluding carboxylic acids is 2. The molecule has 0 aliphatic rings. The Morgan fingerprint density at radius 1 is 1.03 bits per heavy atom. The molecule has 0 spiro atoms. The standard InChI is InChI=1S/C23H29Cl2N3O4S/c1-5-21(23(30)26-16(2)3)27(14-17-9-11-18(24)12-10-17)22(29)15-28(33(4,31)32)20-8-6-7-19(25)13-20/h6-13,16,21H,5,14-15H2,1-4H3,(H,26,30)/t21-/m1/s1. The Morgan fingerprint density at radius 2 is 1.67 bits per heavy atom. The second-order valence-corrected chi connectivity index (χ2v) is 10.8. The zero-order valence-electron chi connectivity index (χ0n) is 19.1. The first kappa shape index (κ1) is 27.0. The van der Waals surface area contributed by atoms with Crippen LogP contribution >= 0.6 is 23.2 Å². The molecule has 2 rings (SSSR count). The van der Waals surface area contributed by atoms with Gasteiger partial charge in [-0.25, -0.2) is 8.42 Å². The Kier molecular flexibility index (Phi) is 9.57. The van der Waals surface area contributed by atoms with Crippen LogP contribution in [0.4, 0.5) is 5.69 Å². The number of benzene rings is 2. The molecule has 7 nitrogen and oxygen atoms in total. The molecule has 2 aromatic carbocycles. The quantitative estimate of drug-likeness (QED) is 0.518. The van der Waals surface area contributed by atoms with Crippen molar-refractivity contribution in [2.45, 2.75) is 45.8 Å². The van der Waals surface area contributed by atoms with Crippen molar-refractivity contribution in [1.29, 1.82) is 0 Å². The summed E-state index contributed by atoms with van der Waals surface area (Å²) < 4.78 is 26.1. The van der Waals surface area contributed by atoms with Gasteiger partial charge in [0, 0.05) is 22.6 Å². The molecule has 0 saturated carbocycles. The normalized spacial score (nSPS) is 12.3. The molecular weight excluding hydrogens is 485 g/mol. The number of halogens is 2. The van der Waals surface area contributed by atoms with Crippen molar-refractivity contribution in [2.75, 3.05) is 17.1 Å². The molecule has 180 valence electrons. The monoisotopic (exact) mass is 513 g/mol. The number of nitrogens with zero attached hydrogens (tertiary/aromatic N) is 2. The summed E-state index contributed by atoms with van der Waals surface area (Å²) >= 11 is 12.0. The molecule has 0 bridgehead atoms. The highest BCUT2D eigenvalue weighted by molar-refractivity contribution is 7.92. The van der Waals surface area contributed by atoms with Crippen molar-refractivity contribution >= 4 is 50.7 Å². The van der Waals surface area contributed by atoms with Crippen LogP contribution in [0.1, 0.15) is 32.8 Å². The Labute approximate surface area is 205 Å². The highest BCUT2D eigenvalue weighted by atomic mass is 35.5. The molecule has 33 heavy (non-hydrogen) atoms. The van der Waals surface area contributed by atoms with Crippen molar-refractivity contribution < 1.29 is 18.0 Å². The average Bonchev–Trinajstić information content (AvgIpc) is 2.71. The van der Waals surface area contributed by atoms with E-state index in [1.807, 2.05) is 13.8 Å². The Balaban J connectivity index is 2.43. The van der Waals surface area contributed by atoms with Gasteiger partial charge in [-0.1, -0.05) is 48.3 Å². The third-order valence-corrected chi connectivity index (χ3v) is 6.49. The summed E-state index contributed by atoms with van der Waals surface area (Å²) in [5.74, 6) is -0.815. The molecule has 1 N–H and O–H groups in total. The number of nitrogens with one attached hydrogen (secondary N) is 1. The van der Waals surface area contributed by atoms with E-state index in [-0.39, 0.29) is 24.2 Å². The van der Waals surface area contributed by atoms with Crippen LogP contribution < -0.4 is 9.62 Å². The SMILES string of the molecule is CC[C@H](C(=O)NC(C)C)N(Cc1ccc(Cl)cc1)C(=O)CN(c1cccc(Cl)c1)S(C)(=O)=O. The van der Waals surface area contributed by atoms with Crippen molar-refractivity contribution in [3.8, 4) is 0 Å². The maximum Gasteiger partial charge on any atom is 0.244 e. The van der Waals surface area contributed by atoms with Gasteiger partial charge in [0.25, 0.3) is 0 Å². The second kappa shape index (κ2) is 11.7. The number of carbonyl (C=O) groups is 2. The first-order valence-electron chi connectivity index (χ1n) is 10.5. The van der Waals surface area contributed by atoms with Gasteiger partial charge in [-0.05, 0) is 56.2 Å². The first-order chi connectivity index (χ1) is 15.4. The summed E-state index contributed by atoms with van der Waals surface area (Å²) in [7, 11) is -3.80. The highest BCUT2D eigenvalue weighted by Crippen LogP contribution is 2.23. The third-order valence-electron chi connectivity index (χ3n) is 4.86. The topological polar surface area (TPSA) is 86.8 Å². The molecule has 0 aliphatic heterocycles. The van der Waals surface area contributed by atoms with E-state index < -0.39 is 28.5 Å². The van der Waals surface area contributed by atoms with Gasteiger partial charge in [0.1, 0.15) is 12.6 Å². The summed E-state index contributed by atoms with van der Waals surface area (Å²) in [5, 5.41) is 3.73. The molecule has 0 aromatic heterocycles. The van der Waals surface area contributed by atoms with Gasteiger partial charge in [0.15, 0.2) is 0 Å². The van der Waals surface area contributed by atoms with Gasteiger partial charge in [0.2, 0.25) is 21.8 Å².